The minimum absolute atomic E-state index is 0.146. The van der Waals surface area contributed by atoms with Crippen molar-refractivity contribution in [1.29, 1.82) is 0 Å². The Labute approximate surface area is 140 Å². The molecule has 0 saturated heterocycles. The van der Waals surface area contributed by atoms with Crippen LogP contribution in [0.3, 0.4) is 0 Å². The molecular formula is C17H20F2NO3P. The summed E-state index contributed by atoms with van der Waals surface area (Å²) in [7, 11) is -3.70. The normalized spacial score (nSPS) is 12.8. The Balaban J connectivity index is 2.46. The summed E-state index contributed by atoms with van der Waals surface area (Å²) in [4.78, 5) is 0. The van der Waals surface area contributed by atoms with E-state index in [0.29, 0.717) is 5.69 Å². The number of benzene rings is 2. The van der Waals surface area contributed by atoms with Gasteiger partial charge < -0.3 is 14.4 Å². The van der Waals surface area contributed by atoms with Gasteiger partial charge in [0.25, 0.3) is 0 Å². The van der Waals surface area contributed by atoms with Gasteiger partial charge in [-0.2, -0.15) is 0 Å². The maximum atomic E-state index is 14.3. The highest BCUT2D eigenvalue weighted by atomic mass is 31.2. The lowest BCUT2D eigenvalue weighted by Crippen LogP contribution is -2.16. The maximum absolute atomic E-state index is 14.3. The van der Waals surface area contributed by atoms with Gasteiger partial charge in [0.2, 0.25) is 0 Å². The predicted octanol–water partition coefficient (Wildman–Crippen LogP) is 5.34. The van der Waals surface area contributed by atoms with E-state index in [1.807, 2.05) is 0 Å². The van der Waals surface area contributed by atoms with Crippen molar-refractivity contribution in [3.63, 3.8) is 0 Å². The van der Waals surface area contributed by atoms with Gasteiger partial charge in [0.05, 0.1) is 13.2 Å². The molecule has 0 fully saturated rings. The van der Waals surface area contributed by atoms with Crippen LogP contribution in [0.5, 0.6) is 0 Å². The summed E-state index contributed by atoms with van der Waals surface area (Å²) in [6.07, 6.45) is 0. The van der Waals surface area contributed by atoms with Crippen molar-refractivity contribution in [2.75, 3.05) is 18.5 Å². The Morgan fingerprint density at radius 3 is 2.12 bits per heavy atom. The highest BCUT2D eigenvalue weighted by Gasteiger charge is 2.38. The average molecular weight is 355 g/mol. The van der Waals surface area contributed by atoms with Crippen molar-refractivity contribution in [2.45, 2.75) is 19.6 Å². The summed E-state index contributed by atoms with van der Waals surface area (Å²) in [5.74, 6) is -1.98. The van der Waals surface area contributed by atoms with Crippen LogP contribution in [-0.2, 0) is 13.6 Å². The van der Waals surface area contributed by atoms with E-state index in [9.17, 15) is 13.3 Å². The van der Waals surface area contributed by atoms with Gasteiger partial charge in [0, 0.05) is 11.3 Å². The first-order valence-corrected chi connectivity index (χ1v) is 9.26. The number of halogens is 2. The molecule has 0 amide bonds. The predicted molar refractivity (Wildman–Crippen MR) is 90.0 cm³/mol. The van der Waals surface area contributed by atoms with Crippen LogP contribution >= 0.6 is 7.60 Å². The first kappa shape index (κ1) is 18.6. The molecule has 2 rings (SSSR count). The molecule has 0 radical (unpaired) electrons. The van der Waals surface area contributed by atoms with Crippen LogP contribution < -0.4 is 5.32 Å². The lowest BCUT2D eigenvalue weighted by molar-refractivity contribution is 0.213. The van der Waals surface area contributed by atoms with Gasteiger partial charge >= 0.3 is 7.60 Å². The zero-order chi connectivity index (χ0) is 17.6. The fourth-order valence-corrected chi connectivity index (χ4v) is 4.22. The van der Waals surface area contributed by atoms with Crippen LogP contribution in [0.25, 0.3) is 0 Å². The van der Waals surface area contributed by atoms with Crippen LogP contribution in [0.4, 0.5) is 14.5 Å². The molecule has 130 valence electrons. The van der Waals surface area contributed by atoms with Crippen molar-refractivity contribution in [1.82, 2.24) is 0 Å². The molecule has 0 heterocycles. The Morgan fingerprint density at radius 2 is 1.58 bits per heavy atom. The van der Waals surface area contributed by atoms with Crippen molar-refractivity contribution in [3.8, 4) is 0 Å². The summed E-state index contributed by atoms with van der Waals surface area (Å²) in [5, 5.41) is 2.95. The Hall–Kier alpha value is -1.75. The molecule has 0 bridgehead atoms. The SMILES string of the molecule is CCOP(=O)(OCC)C(Nc1ccc(F)cc1)c1ccccc1F. The van der Waals surface area contributed by atoms with E-state index in [1.165, 1.54) is 36.4 Å². The summed E-state index contributed by atoms with van der Waals surface area (Å²) in [6, 6.07) is 11.4. The summed E-state index contributed by atoms with van der Waals surface area (Å²) < 4.78 is 51.3. The average Bonchev–Trinajstić information content (AvgIpc) is 2.55. The molecule has 2 aromatic rings. The summed E-state index contributed by atoms with van der Waals surface area (Å²) >= 11 is 0. The van der Waals surface area contributed by atoms with Crippen molar-refractivity contribution >= 4 is 13.3 Å². The van der Waals surface area contributed by atoms with Crippen LogP contribution in [0, 0.1) is 11.6 Å². The quantitative estimate of drug-likeness (QED) is 0.649. The van der Waals surface area contributed by atoms with Crippen LogP contribution in [0.2, 0.25) is 0 Å². The summed E-state index contributed by atoms with van der Waals surface area (Å²) in [5.41, 5.74) is 0.636. The van der Waals surface area contributed by atoms with Gasteiger partial charge in [0.1, 0.15) is 11.6 Å². The van der Waals surface area contributed by atoms with E-state index in [1.54, 1.807) is 26.0 Å². The fourth-order valence-electron chi connectivity index (χ4n) is 2.27. The van der Waals surface area contributed by atoms with Gasteiger partial charge in [-0.15, -0.1) is 0 Å². The van der Waals surface area contributed by atoms with E-state index in [4.69, 9.17) is 9.05 Å². The smallest absolute Gasteiger partial charge is 0.357 e. The van der Waals surface area contributed by atoms with Crippen LogP contribution in [0.15, 0.2) is 48.5 Å². The van der Waals surface area contributed by atoms with Crippen LogP contribution in [-0.4, -0.2) is 13.2 Å². The number of hydrogen-bond donors (Lipinski definition) is 1. The third-order valence-electron chi connectivity index (χ3n) is 3.28. The third-order valence-corrected chi connectivity index (χ3v) is 5.56. The molecule has 0 aliphatic carbocycles. The molecule has 2 aromatic carbocycles. The number of anilines is 1. The zero-order valence-electron chi connectivity index (χ0n) is 13.5. The second kappa shape index (κ2) is 8.38. The van der Waals surface area contributed by atoms with E-state index >= 15 is 0 Å². The molecule has 0 aliphatic rings. The number of hydrogen-bond acceptors (Lipinski definition) is 4. The monoisotopic (exact) mass is 355 g/mol. The molecule has 0 aliphatic heterocycles. The van der Waals surface area contributed by atoms with Gasteiger partial charge in [-0.25, -0.2) is 8.78 Å². The largest absolute Gasteiger partial charge is 0.368 e. The number of rotatable bonds is 8. The first-order valence-electron chi connectivity index (χ1n) is 7.65. The Bertz CT molecular complexity index is 699. The van der Waals surface area contributed by atoms with Gasteiger partial charge in [-0.3, -0.25) is 4.57 Å². The highest BCUT2D eigenvalue weighted by molar-refractivity contribution is 7.54. The Morgan fingerprint density at radius 1 is 1.00 bits per heavy atom. The van der Waals surface area contributed by atoms with E-state index < -0.39 is 25.0 Å². The van der Waals surface area contributed by atoms with Crippen molar-refractivity contribution in [2.24, 2.45) is 0 Å². The molecule has 1 atom stereocenters. The van der Waals surface area contributed by atoms with E-state index in [0.717, 1.165) is 0 Å². The Kier molecular flexibility index (Phi) is 6.49. The standard InChI is InChI=1S/C17H20F2NO3P/c1-3-22-24(21,23-4-2)17(15-7-5-6-8-16(15)19)20-14-11-9-13(18)10-12-14/h5-12,17,20H,3-4H2,1-2H3. The van der Waals surface area contributed by atoms with Crippen LogP contribution in [0.1, 0.15) is 25.2 Å². The summed E-state index contributed by atoms with van der Waals surface area (Å²) in [6.45, 7) is 3.66. The maximum Gasteiger partial charge on any atom is 0.357 e. The number of nitrogens with one attached hydrogen (secondary N) is 1. The molecule has 1 N–H and O–H groups in total. The van der Waals surface area contributed by atoms with Crippen molar-refractivity contribution < 1.29 is 22.4 Å². The topological polar surface area (TPSA) is 47.6 Å². The lowest BCUT2D eigenvalue weighted by Gasteiger charge is -2.28. The fraction of sp³-hybridized carbons (Fsp3) is 0.294. The minimum Gasteiger partial charge on any atom is -0.368 e. The van der Waals surface area contributed by atoms with E-state index in [-0.39, 0.29) is 18.8 Å². The second-order valence-electron chi connectivity index (χ2n) is 4.95. The first-order chi connectivity index (χ1) is 11.5. The van der Waals surface area contributed by atoms with Crippen molar-refractivity contribution in [3.05, 3.63) is 65.7 Å². The van der Waals surface area contributed by atoms with E-state index in [2.05, 4.69) is 5.32 Å². The molecule has 0 aromatic heterocycles. The zero-order valence-corrected chi connectivity index (χ0v) is 14.4. The van der Waals surface area contributed by atoms with Gasteiger partial charge in [-0.05, 0) is 44.2 Å². The third kappa shape index (κ3) is 4.41. The molecule has 7 heteroatoms. The molecule has 0 spiro atoms. The highest BCUT2D eigenvalue weighted by Crippen LogP contribution is 2.61. The molecular weight excluding hydrogens is 335 g/mol. The van der Waals surface area contributed by atoms with Gasteiger partial charge in [-0.1, -0.05) is 18.2 Å². The molecule has 1 unspecified atom stereocenters. The minimum atomic E-state index is -3.70. The molecule has 4 nitrogen and oxygen atoms in total. The lowest BCUT2D eigenvalue weighted by atomic mass is 10.2. The molecule has 0 saturated carbocycles. The second-order valence-corrected chi connectivity index (χ2v) is 7.06. The molecule has 24 heavy (non-hydrogen) atoms. The van der Waals surface area contributed by atoms with Gasteiger partial charge in [0.15, 0.2) is 5.78 Å².